The third-order valence-electron chi connectivity index (χ3n) is 3.96. The second kappa shape index (κ2) is 7.78. The Morgan fingerprint density at radius 3 is 2.07 bits per heavy atom. The van der Waals surface area contributed by atoms with Crippen LogP contribution in [0.15, 0.2) is 66.7 Å². The summed E-state index contributed by atoms with van der Waals surface area (Å²) in [5.74, 6) is -2.94. The molecule has 0 aliphatic carbocycles. The molecule has 0 heterocycles. The largest absolute Gasteiger partial charge is 0.322 e. The van der Waals surface area contributed by atoms with Crippen LogP contribution in [0.2, 0.25) is 0 Å². The fraction of sp³-hybridized carbons (Fsp3) is 0.0476. The predicted molar refractivity (Wildman–Crippen MR) is 99.9 cm³/mol. The Kier molecular flexibility index (Phi) is 5.26. The van der Waals surface area contributed by atoms with E-state index in [0.717, 1.165) is 17.7 Å². The highest BCUT2D eigenvalue weighted by molar-refractivity contribution is 6.08. The quantitative estimate of drug-likeness (QED) is 0.698. The molecule has 0 radical (unpaired) electrons. The highest BCUT2D eigenvalue weighted by Gasteiger charge is 2.12. The van der Waals surface area contributed by atoms with Crippen molar-refractivity contribution >= 4 is 23.2 Å². The molecule has 4 nitrogen and oxygen atoms in total. The van der Waals surface area contributed by atoms with Crippen LogP contribution in [0, 0.1) is 18.6 Å². The standard InChI is InChI=1S/C21H16F2N2O2/c1-13-5-2-3-8-19(13)25-21(27)15-7-4-6-14(11-15)20(26)24-16-9-10-17(22)18(23)12-16/h2-12H,1H3,(H,24,26)(H,25,27). The van der Waals surface area contributed by atoms with Gasteiger partial charge in [-0.3, -0.25) is 9.59 Å². The molecule has 0 atom stereocenters. The number of anilines is 2. The maximum absolute atomic E-state index is 13.3. The molecule has 0 saturated carbocycles. The molecule has 0 saturated heterocycles. The van der Waals surface area contributed by atoms with E-state index in [1.54, 1.807) is 18.2 Å². The van der Waals surface area contributed by atoms with E-state index in [4.69, 9.17) is 0 Å². The van der Waals surface area contributed by atoms with Gasteiger partial charge in [0, 0.05) is 28.6 Å². The molecule has 0 aliphatic rings. The Morgan fingerprint density at radius 1 is 0.741 bits per heavy atom. The lowest BCUT2D eigenvalue weighted by atomic mass is 10.1. The molecular formula is C21H16F2N2O2. The van der Waals surface area contributed by atoms with Crippen molar-refractivity contribution < 1.29 is 18.4 Å². The average Bonchev–Trinajstić information content (AvgIpc) is 2.66. The normalized spacial score (nSPS) is 10.3. The van der Waals surface area contributed by atoms with Crippen LogP contribution in [0.1, 0.15) is 26.3 Å². The van der Waals surface area contributed by atoms with Crippen LogP contribution >= 0.6 is 0 Å². The lowest BCUT2D eigenvalue weighted by Crippen LogP contribution is -2.16. The molecule has 3 aromatic rings. The van der Waals surface area contributed by atoms with E-state index in [-0.39, 0.29) is 17.2 Å². The molecule has 2 N–H and O–H groups in total. The topological polar surface area (TPSA) is 58.2 Å². The minimum atomic E-state index is -1.06. The second-order valence-corrected chi connectivity index (χ2v) is 5.93. The lowest BCUT2D eigenvalue weighted by Gasteiger charge is -2.10. The van der Waals surface area contributed by atoms with E-state index < -0.39 is 17.5 Å². The number of benzene rings is 3. The Hall–Kier alpha value is -3.54. The lowest BCUT2D eigenvalue weighted by molar-refractivity contribution is 0.102. The van der Waals surface area contributed by atoms with Crippen LogP contribution < -0.4 is 10.6 Å². The zero-order valence-electron chi connectivity index (χ0n) is 14.4. The van der Waals surface area contributed by atoms with Crippen LogP contribution in [0.3, 0.4) is 0 Å². The summed E-state index contributed by atoms with van der Waals surface area (Å²) in [4.78, 5) is 24.8. The number of nitrogens with one attached hydrogen (secondary N) is 2. The van der Waals surface area contributed by atoms with Crippen LogP contribution in [0.4, 0.5) is 20.2 Å². The number of carbonyl (C=O) groups is 2. The maximum Gasteiger partial charge on any atom is 0.255 e. The van der Waals surface area contributed by atoms with E-state index in [0.29, 0.717) is 11.3 Å². The number of hydrogen-bond donors (Lipinski definition) is 2. The number of carbonyl (C=O) groups excluding carboxylic acids is 2. The van der Waals surface area contributed by atoms with Crippen molar-refractivity contribution in [2.45, 2.75) is 6.92 Å². The average molecular weight is 366 g/mol. The summed E-state index contributed by atoms with van der Waals surface area (Å²) < 4.78 is 26.2. The third-order valence-corrected chi connectivity index (χ3v) is 3.96. The van der Waals surface area contributed by atoms with Crippen LogP contribution in [0.25, 0.3) is 0 Å². The molecule has 0 aliphatic heterocycles. The minimum absolute atomic E-state index is 0.119. The van der Waals surface area contributed by atoms with E-state index in [1.165, 1.54) is 18.2 Å². The number of rotatable bonds is 4. The highest BCUT2D eigenvalue weighted by Crippen LogP contribution is 2.17. The Morgan fingerprint density at radius 2 is 1.41 bits per heavy atom. The number of halogens is 2. The fourth-order valence-electron chi connectivity index (χ4n) is 2.49. The van der Waals surface area contributed by atoms with Gasteiger partial charge in [0.15, 0.2) is 11.6 Å². The smallest absolute Gasteiger partial charge is 0.255 e. The van der Waals surface area contributed by atoms with Crippen molar-refractivity contribution in [2.75, 3.05) is 10.6 Å². The summed E-state index contributed by atoms with van der Waals surface area (Å²) in [6, 6.07) is 16.5. The third kappa shape index (κ3) is 4.36. The number of para-hydroxylation sites is 1. The molecule has 6 heteroatoms. The van der Waals surface area contributed by atoms with Gasteiger partial charge in [0.25, 0.3) is 11.8 Å². The molecule has 136 valence electrons. The Bertz CT molecular complexity index is 1020. The fourth-order valence-corrected chi connectivity index (χ4v) is 2.49. The van der Waals surface area contributed by atoms with Gasteiger partial charge in [-0.25, -0.2) is 8.78 Å². The van der Waals surface area contributed by atoms with Crippen molar-refractivity contribution in [1.82, 2.24) is 0 Å². The van der Waals surface area contributed by atoms with Crippen molar-refractivity contribution in [3.63, 3.8) is 0 Å². The molecular weight excluding hydrogens is 350 g/mol. The van der Waals surface area contributed by atoms with Crippen molar-refractivity contribution in [2.24, 2.45) is 0 Å². The van der Waals surface area contributed by atoms with Crippen LogP contribution in [-0.2, 0) is 0 Å². The molecule has 0 fully saturated rings. The van der Waals surface area contributed by atoms with E-state index in [2.05, 4.69) is 10.6 Å². The van der Waals surface area contributed by atoms with Crippen molar-refractivity contribution in [1.29, 1.82) is 0 Å². The molecule has 3 aromatic carbocycles. The first kappa shape index (κ1) is 18.3. The van der Waals surface area contributed by atoms with Gasteiger partial charge in [0.05, 0.1) is 0 Å². The second-order valence-electron chi connectivity index (χ2n) is 5.93. The van der Waals surface area contributed by atoms with E-state index in [1.807, 2.05) is 25.1 Å². The van der Waals surface area contributed by atoms with Gasteiger partial charge in [-0.15, -0.1) is 0 Å². The molecule has 0 spiro atoms. The molecule has 3 rings (SSSR count). The molecule has 0 aromatic heterocycles. The predicted octanol–water partition coefficient (Wildman–Crippen LogP) is 4.78. The summed E-state index contributed by atoms with van der Waals surface area (Å²) in [7, 11) is 0. The minimum Gasteiger partial charge on any atom is -0.322 e. The first-order valence-corrected chi connectivity index (χ1v) is 8.17. The summed E-state index contributed by atoms with van der Waals surface area (Å²) in [5.41, 5.74) is 2.24. The Balaban J connectivity index is 1.76. The zero-order valence-corrected chi connectivity index (χ0v) is 14.4. The van der Waals surface area contributed by atoms with Gasteiger partial charge >= 0.3 is 0 Å². The summed E-state index contributed by atoms with van der Waals surface area (Å²) in [5, 5.41) is 5.27. The van der Waals surface area contributed by atoms with Gasteiger partial charge in [-0.05, 0) is 48.9 Å². The summed E-state index contributed by atoms with van der Waals surface area (Å²) >= 11 is 0. The Labute approximate surface area is 154 Å². The number of amides is 2. The van der Waals surface area contributed by atoms with Gasteiger partial charge in [0.2, 0.25) is 0 Å². The zero-order chi connectivity index (χ0) is 19.4. The monoisotopic (exact) mass is 366 g/mol. The molecule has 27 heavy (non-hydrogen) atoms. The molecule has 0 unspecified atom stereocenters. The number of aryl methyl sites for hydroxylation is 1. The van der Waals surface area contributed by atoms with E-state index in [9.17, 15) is 18.4 Å². The molecule has 0 bridgehead atoms. The highest BCUT2D eigenvalue weighted by atomic mass is 19.2. The summed E-state index contributed by atoms with van der Waals surface area (Å²) in [6.07, 6.45) is 0. The first-order chi connectivity index (χ1) is 12.9. The van der Waals surface area contributed by atoms with Gasteiger partial charge in [0.1, 0.15) is 0 Å². The van der Waals surface area contributed by atoms with Gasteiger partial charge in [-0.2, -0.15) is 0 Å². The van der Waals surface area contributed by atoms with Crippen LogP contribution in [0.5, 0.6) is 0 Å². The SMILES string of the molecule is Cc1ccccc1NC(=O)c1cccc(C(=O)Nc2ccc(F)c(F)c2)c1. The van der Waals surface area contributed by atoms with Gasteiger partial charge in [-0.1, -0.05) is 24.3 Å². The van der Waals surface area contributed by atoms with Crippen molar-refractivity contribution in [3.05, 3.63) is 95.1 Å². The van der Waals surface area contributed by atoms with E-state index >= 15 is 0 Å². The molecule has 2 amide bonds. The van der Waals surface area contributed by atoms with Crippen LogP contribution in [-0.4, -0.2) is 11.8 Å². The summed E-state index contributed by atoms with van der Waals surface area (Å²) in [6.45, 7) is 1.88. The first-order valence-electron chi connectivity index (χ1n) is 8.17. The van der Waals surface area contributed by atoms with Crippen molar-refractivity contribution in [3.8, 4) is 0 Å². The van der Waals surface area contributed by atoms with Gasteiger partial charge < -0.3 is 10.6 Å². The maximum atomic E-state index is 13.3. The number of hydrogen-bond acceptors (Lipinski definition) is 2.